The van der Waals surface area contributed by atoms with Gasteiger partial charge < -0.3 is 26.6 Å². The summed E-state index contributed by atoms with van der Waals surface area (Å²) < 4.78 is 33.8. The molecule has 0 bridgehead atoms. The second kappa shape index (κ2) is 9.88. The molecule has 0 saturated carbocycles. The van der Waals surface area contributed by atoms with Crippen molar-refractivity contribution in [2.75, 3.05) is 42.7 Å². The van der Waals surface area contributed by atoms with Crippen molar-refractivity contribution in [2.24, 2.45) is 0 Å². The van der Waals surface area contributed by atoms with Crippen molar-refractivity contribution in [1.82, 2.24) is 0 Å². The predicted octanol–water partition coefficient (Wildman–Crippen LogP) is 1.51. The van der Waals surface area contributed by atoms with Crippen molar-refractivity contribution >= 4 is 33.0 Å². The van der Waals surface area contributed by atoms with E-state index in [2.05, 4.69) is 23.4 Å². The minimum absolute atomic E-state index is 0.429. The number of hydrogen-bond acceptors (Lipinski definition) is 6. The van der Waals surface area contributed by atoms with Crippen LogP contribution in [-0.2, 0) is 26.6 Å². The molecule has 0 aliphatic carbocycles. The minimum Gasteiger partial charge on any atom is -0.374 e. The van der Waals surface area contributed by atoms with Crippen LogP contribution >= 0.6 is 0 Å². The third kappa shape index (κ3) is 4.16. The maximum absolute atomic E-state index is 5.64. The fourth-order valence-electron chi connectivity index (χ4n) is 2.97. The first-order valence-electron chi connectivity index (χ1n) is 7.82. The van der Waals surface area contributed by atoms with Crippen molar-refractivity contribution in [2.45, 2.75) is 5.92 Å². The highest BCUT2D eigenvalue weighted by molar-refractivity contribution is 6.72. The average molecular weight is 412 g/mol. The first kappa shape index (κ1) is 23.2. The molecule has 0 atom stereocenters. The minimum atomic E-state index is -3.19. The molecule has 3 radical (unpaired) electrons. The Morgan fingerprint density at radius 3 is 1.42 bits per heavy atom. The van der Waals surface area contributed by atoms with Crippen LogP contribution in [0.15, 0.2) is 47.8 Å². The molecule has 1 rings (SSSR count). The van der Waals surface area contributed by atoms with Crippen molar-refractivity contribution in [1.29, 1.82) is 0 Å². The molecule has 9 heteroatoms. The summed E-state index contributed by atoms with van der Waals surface area (Å²) >= 11 is 0. The van der Waals surface area contributed by atoms with Crippen molar-refractivity contribution < 1.29 is 26.6 Å². The molecule has 1 aromatic carbocycles. The lowest BCUT2D eigenvalue weighted by atomic mass is 9.98. The van der Waals surface area contributed by atoms with Gasteiger partial charge in [0.15, 0.2) is 0 Å². The maximum atomic E-state index is 5.64. The average Bonchev–Trinajstić information content (AvgIpc) is 2.67. The SMILES string of the molecule is C=C(C(C(=C)[Si](OC)(OC)OC)c1ccccc1[Si])[Si](OC)(OC)OC. The van der Waals surface area contributed by atoms with Crippen LogP contribution in [0.1, 0.15) is 11.5 Å². The summed E-state index contributed by atoms with van der Waals surface area (Å²) in [7, 11) is 6.51. The van der Waals surface area contributed by atoms with E-state index in [1.54, 1.807) is 0 Å². The van der Waals surface area contributed by atoms with E-state index in [1.807, 2.05) is 24.3 Å². The smallest absolute Gasteiger partial charge is 0.374 e. The third-order valence-corrected chi connectivity index (χ3v) is 10.2. The maximum Gasteiger partial charge on any atom is 0.532 e. The Bertz CT molecular complexity index is 580. The van der Waals surface area contributed by atoms with Gasteiger partial charge in [0.2, 0.25) is 0 Å². The van der Waals surface area contributed by atoms with E-state index in [9.17, 15) is 0 Å². The molecule has 1 aromatic rings. The second-order valence-electron chi connectivity index (χ2n) is 5.41. The van der Waals surface area contributed by atoms with Crippen LogP contribution in [0.25, 0.3) is 0 Å². The molecule has 0 fully saturated rings. The fraction of sp³-hybridized carbons (Fsp3) is 0.412. The zero-order chi connectivity index (χ0) is 20.0. The lowest BCUT2D eigenvalue weighted by Gasteiger charge is -2.36. The van der Waals surface area contributed by atoms with Crippen LogP contribution in [0, 0.1) is 0 Å². The Hall–Kier alpha value is -0.889. The number of allylic oxidation sites excluding steroid dienone is 2. The van der Waals surface area contributed by atoms with Gasteiger partial charge in [0.25, 0.3) is 0 Å². The van der Waals surface area contributed by atoms with Gasteiger partial charge in [-0.25, -0.2) is 0 Å². The van der Waals surface area contributed by atoms with Gasteiger partial charge in [0.1, 0.15) is 0 Å². The van der Waals surface area contributed by atoms with E-state index < -0.39 is 23.5 Å². The molecular weight excluding hydrogens is 384 g/mol. The Balaban J connectivity index is 3.62. The summed E-state index contributed by atoms with van der Waals surface area (Å²) in [5, 5.41) is 2.10. The van der Waals surface area contributed by atoms with Gasteiger partial charge in [0, 0.05) is 59.0 Å². The van der Waals surface area contributed by atoms with Crippen molar-refractivity contribution in [3.63, 3.8) is 0 Å². The summed E-state index contributed by atoms with van der Waals surface area (Å²) in [4.78, 5) is 0. The number of rotatable bonds is 11. The van der Waals surface area contributed by atoms with Gasteiger partial charge in [-0.05, 0) is 5.56 Å². The molecule has 6 nitrogen and oxygen atoms in total. The van der Waals surface area contributed by atoms with Crippen LogP contribution in [-0.4, -0.2) is 70.5 Å². The second-order valence-corrected chi connectivity index (χ2v) is 11.9. The summed E-state index contributed by atoms with van der Waals surface area (Å²) in [5.41, 5.74) is 0.908. The zero-order valence-electron chi connectivity index (χ0n) is 16.3. The molecule has 0 aromatic heterocycles. The Morgan fingerprint density at radius 1 is 0.769 bits per heavy atom. The Kier molecular flexibility index (Phi) is 8.79. The third-order valence-electron chi connectivity index (χ3n) is 4.37. The topological polar surface area (TPSA) is 55.4 Å². The van der Waals surface area contributed by atoms with Crippen LogP contribution in [0.5, 0.6) is 0 Å². The van der Waals surface area contributed by atoms with E-state index in [-0.39, 0.29) is 0 Å². The standard InChI is InChI=1S/C17H27O6Si3/c1-13(25(18-3,19-4)20-5)17(15-11-9-10-12-16(15)24)14(2)26(21-6,22-7)23-8/h9-12,17H,1-2H2,3-8H3. The molecule has 0 heterocycles. The van der Waals surface area contributed by atoms with Gasteiger partial charge >= 0.3 is 17.6 Å². The molecule has 0 amide bonds. The monoisotopic (exact) mass is 411 g/mol. The van der Waals surface area contributed by atoms with Gasteiger partial charge in [-0.3, -0.25) is 0 Å². The molecule has 0 N–H and O–H groups in total. The van der Waals surface area contributed by atoms with E-state index in [0.29, 0.717) is 10.4 Å². The van der Waals surface area contributed by atoms with E-state index in [0.717, 1.165) is 10.8 Å². The van der Waals surface area contributed by atoms with Crippen LogP contribution < -0.4 is 5.19 Å². The predicted molar refractivity (Wildman–Crippen MR) is 106 cm³/mol. The lowest BCUT2D eigenvalue weighted by molar-refractivity contribution is 0.128. The highest BCUT2D eigenvalue weighted by atomic mass is 28.4. The van der Waals surface area contributed by atoms with Crippen molar-refractivity contribution in [3.8, 4) is 0 Å². The van der Waals surface area contributed by atoms with Crippen LogP contribution in [0.4, 0.5) is 0 Å². The molecule has 0 unspecified atom stereocenters. The van der Waals surface area contributed by atoms with E-state index in [4.69, 9.17) is 26.6 Å². The van der Waals surface area contributed by atoms with Crippen molar-refractivity contribution in [3.05, 3.63) is 53.4 Å². The molecule has 0 spiro atoms. The molecule has 143 valence electrons. The summed E-state index contributed by atoms with van der Waals surface area (Å²) in [5.74, 6) is -0.429. The van der Waals surface area contributed by atoms with Crippen LogP contribution in [0.2, 0.25) is 0 Å². The quantitative estimate of drug-likeness (QED) is 0.515. The Morgan fingerprint density at radius 2 is 1.12 bits per heavy atom. The molecular formula is C17H27O6Si3. The van der Waals surface area contributed by atoms with E-state index in [1.165, 1.54) is 42.7 Å². The summed E-state index contributed by atoms with van der Waals surface area (Å²) in [6.07, 6.45) is 0. The van der Waals surface area contributed by atoms with Gasteiger partial charge in [0.05, 0.1) is 10.2 Å². The number of benzene rings is 1. The molecule has 0 aliphatic rings. The fourth-order valence-corrected chi connectivity index (χ4v) is 7.38. The highest BCUT2D eigenvalue weighted by Gasteiger charge is 2.53. The lowest BCUT2D eigenvalue weighted by Crippen LogP contribution is -2.52. The van der Waals surface area contributed by atoms with Gasteiger partial charge in [-0.15, -0.1) is 0 Å². The van der Waals surface area contributed by atoms with Gasteiger partial charge in [-0.1, -0.05) is 42.6 Å². The summed E-state index contributed by atoms with van der Waals surface area (Å²) in [6, 6.07) is 7.75. The first-order valence-corrected chi connectivity index (χ1v) is 11.8. The first-order chi connectivity index (χ1) is 12.3. The van der Waals surface area contributed by atoms with Gasteiger partial charge in [-0.2, -0.15) is 0 Å². The van der Waals surface area contributed by atoms with E-state index >= 15 is 0 Å². The molecule has 0 saturated heterocycles. The van der Waals surface area contributed by atoms with Crippen LogP contribution in [0.3, 0.4) is 0 Å². The summed E-state index contributed by atoms with van der Waals surface area (Å²) in [6.45, 7) is 8.51. The molecule has 26 heavy (non-hydrogen) atoms. The zero-order valence-corrected chi connectivity index (χ0v) is 19.3. The molecule has 0 aliphatic heterocycles. The number of hydrogen-bond donors (Lipinski definition) is 0. The Labute approximate surface area is 161 Å². The normalized spacial score (nSPS) is 12.5. The highest BCUT2D eigenvalue weighted by Crippen LogP contribution is 2.39. The largest absolute Gasteiger partial charge is 0.532 e.